The fraction of sp³-hybridized carbons (Fsp3) is 0.400. The molecule has 1 unspecified atom stereocenters. The number of ether oxygens (including phenoxy) is 2. The Morgan fingerprint density at radius 3 is 1.97 bits per heavy atom. The standard InChI is InChI=1S/C25H27F6NO3/c1-5-11-32(22(33)35-23(2,3)4)21(18-9-7-6-8-10-18)16-34-15-17-12-19(24(26,27)28)14-20(13-17)25(29,30)31/h5-10,12-14,21H,1,11,15-16H2,2-4H3. The molecule has 0 aliphatic rings. The van der Waals surface area contributed by atoms with E-state index in [2.05, 4.69) is 6.58 Å². The number of carbonyl (C=O) groups excluding carboxylic acids is 1. The topological polar surface area (TPSA) is 38.8 Å². The largest absolute Gasteiger partial charge is 0.444 e. The number of rotatable bonds is 8. The van der Waals surface area contributed by atoms with Crippen molar-refractivity contribution < 1.29 is 40.6 Å². The third-order valence-corrected chi connectivity index (χ3v) is 4.71. The normalized spacial score (nSPS) is 13.3. The van der Waals surface area contributed by atoms with Crippen molar-refractivity contribution in [2.75, 3.05) is 13.2 Å². The first-order valence-electron chi connectivity index (χ1n) is 10.6. The van der Waals surface area contributed by atoms with Gasteiger partial charge in [0.05, 0.1) is 30.4 Å². The molecule has 0 N–H and O–H groups in total. The molecule has 0 bridgehead atoms. The number of hydrogen-bond acceptors (Lipinski definition) is 3. The maximum atomic E-state index is 13.1. The third-order valence-electron chi connectivity index (χ3n) is 4.71. The van der Waals surface area contributed by atoms with Crippen LogP contribution in [0.15, 0.2) is 61.2 Å². The van der Waals surface area contributed by atoms with Gasteiger partial charge >= 0.3 is 18.4 Å². The van der Waals surface area contributed by atoms with Crippen molar-refractivity contribution in [3.05, 3.63) is 83.4 Å². The summed E-state index contributed by atoms with van der Waals surface area (Å²) in [6.07, 6.45) is -9.11. The molecular formula is C25H27F6NO3. The number of nitrogens with zero attached hydrogens (tertiary/aromatic N) is 1. The lowest BCUT2D eigenvalue weighted by Crippen LogP contribution is -2.41. The van der Waals surface area contributed by atoms with Crippen molar-refractivity contribution in [2.24, 2.45) is 0 Å². The summed E-state index contributed by atoms with van der Waals surface area (Å²) in [5, 5.41) is 0. The molecule has 2 rings (SSSR count). The van der Waals surface area contributed by atoms with E-state index in [0.717, 1.165) is 0 Å². The van der Waals surface area contributed by atoms with E-state index in [4.69, 9.17) is 9.47 Å². The summed E-state index contributed by atoms with van der Waals surface area (Å²) in [6, 6.07) is 9.21. The van der Waals surface area contributed by atoms with Crippen LogP contribution >= 0.6 is 0 Å². The van der Waals surface area contributed by atoms with E-state index in [0.29, 0.717) is 17.7 Å². The van der Waals surface area contributed by atoms with Crippen LogP contribution in [0.1, 0.15) is 49.1 Å². The molecule has 0 saturated carbocycles. The fourth-order valence-electron chi connectivity index (χ4n) is 3.22. The summed E-state index contributed by atoms with van der Waals surface area (Å²) in [7, 11) is 0. The second-order valence-corrected chi connectivity index (χ2v) is 8.78. The van der Waals surface area contributed by atoms with Crippen molar-refractivity contribution in [3.63, 3.8) is 0 Å². The van der Waals surface area contributed by atoms with Crippen LogP contribution in [-0.4, -0.2) is 29.7 Å². The lowest BCUT2D eigenvalue weighted by molar-refractivity contribution is -0.143. The maximum absolute atomic E-state index is 13.1. The molecule has 0 saturated heterocycles. The summed E-state index contributed by atoms with van der Waals surface area (Å²) in [4.78, 5) is 14.2. The first kappa shape index (κ1) is 28.2. The molecule has 0 radical (unpaired) electrons. The van der Waals surface area contributed by atoms with Gasteiger partial charge in [-0.15, -0.1) is 6.58 Å². The number of hydrogen-bond donors (Lipinski definition) is 0. The highest BCUT2D eigenvalue weighted by Crippen LogP contribution is 2.36. The summed E-state index contributed by atoms with van der Waals surface area (Å²) in [6.45, 7) is 8.04. The van der Waals surface area contributed by atoms with Crippen LogP contribution in [0.5, 0.6) is 0 Å². The van der Waals surface area contributed by atoms with E-state index in [1.54, 1.807) is 51.1 Å². The minimum atomic E-state index is -4.96. The van der Waals surface area contributed by atoms with Crippen molar-refractivity contribution in [3.8, 4) is 0 Å². The monoisotopic (exact) mass is 503 g/mol. The first-order chi connectivity index (χ1) is 16.1. The van der Waals surface area contributed by atoms with Crippen molar-refractivity contribution in [1.29, 1.82) is 0 Å². The van der Waals surface area contributed by atoms with Gasteiger partial charge < -0.3 is 9.47 Å². The molecule has 1 atom stereocenters. The third kappa shape index (κ3) is 8.61. The highest BCUT2D eigenvalue weighted by atomic mass is 19.4. The Bertz CT molecular complexity index is 965. The molecule has 10 heteroatoms. The van der Waals surface area contributed by atoms with Crippen LogP contribution in [0.2, 0.25) is 0 Å². The zero-order valence-corrected chi connectivity index (χ0v) is 19.5. The molecule has 0 aliphatic heterocycles. The number of benzene rings is 2. The number of carbonyl (C=O) groups is 1. The Morgan fingerprint density at radius 2 is 1.51 bits per heavy atom. The second-order valence-electron chi connectivity index (χ2n) is 8.78. The zero-order chi connectivity index (χ0) is 26.4. The average Bonchev–Trinajstić information content (AvgIpc) is 2.73. The van der Waals surface area contributed by atoms with Crippen LogP contribution in [0.3, 0.4) is 0 Å². The Balaban J connectivity index is 2.32. The summed E-state index contributed by atoms with van der Waals surface area (Å²) >= 11 is 0. The molecule has 2 aromatic carbocycles. The smallest absolute Gasteiger partial charge is 0.416 e. The number of alkyl halides is 6. The van der Waals surface area contributed by atoms with Gasteiger partial charge in [-0.1, -0.05) is 36.4 Å². The van der Waals surface area contributed by atoms with E-state index in [1.165, 1.54) is 11.0 Å². The number of halogens is 6. The SMILES string of the molecule is C=CCN(C(=O)OC(C)(C)C)C(COCc1cc(C(F)(F)F)cc(C(F)(F)F)c1)c1ccccc1. The van der Waals surface area contributed by atoms with Crippen molar-refractivity contribution in [2.45, 2.75) is 51.4 Å². The van der Waals surface area contributed by atoms with Crippen LogP contribution in [-0.2, 0) is 28.4 Å². The van der Waals surface area contributed by atoms with Crippen LogP contribution in [0.4, 0.5) is 31.1 Å². The van der Waals surface area contributed by atoms with Crippen molar-refractivity contribution in [1.82, 2.24) is 4.90 Å². The van der Waals surface area contributed by atoms with Gasteiger partial charge in [0, 0.05) is 6.54 Å². The minimum Gasteiger partial charge on any atom is -0.444 e. The predicted molar refractivity (Wildman–Crippen MR) is 118 cm³/mol. The van der Waals surface area contributed by atoms with Gasteiger partial charge in [-0.25, -0.2) is 4.79 Å². The highest BCUT2D eigenvalue weighted by molar-refractivity contribution is 5.69. The first-order valence-corrected chi connectivity index (χ1v) is 10.6. The molecule has 0 heterocycles. The fourth-order valence-corrected chi connectivity index (χ4v) is 3.22. The van der Waals surface area contributed by atoms with Crippen molar-refractivity contribution >= 4 is 6.09 Å². The molecule has 0 aliphatic carbocycles. The van der Waals surface area contributed by atoms with Gasteiger partial charge in [-0.2, -0.15) is 26.3 Å². The molecule has 0 fully saturated rings. The van der Waals surface area contributed by atoms with E-state index >= 15 is 0 Å². The molecule has 192 valence electrons. The lowest BCUT2D eigenvalue weighted by atomic mass is 10.0. The van der Waals surface area contributed by atoms with Crippen LogP contribution in [0.25, 0.3) is 0 Å². The van der Waals surface area contributed by atoms with Gasteiger partial charge in [0.2, 0.25) is 0 Å². The van der Waals surface area contributed by atoms with Gasteiger partial charge in [0.1, 0.15) is 5.60 Å². The molecule has 0 spiro atoms. The Kier molecular flexibility index (Phi) is 9.00. The molecule has 2 aromatic rings. The van der Waals surface area contributed by atoms with Gasteiger partial charge in [0.25, 0.3) is 0 Å². The van der Waals surface area contributed by atoms with Crippen LogP contribution in [0, 0.1) is 0 Å². The predicted octanol–water partition coefficient (Wildman–Crippen LogP) is 7.41. The Labute approximate surface area is 200 Å². The number of amides is 1. The van der Waals surface area contributed by atoms with Crippen LogP contribution < -0.4 is 0 Å². The van der Waals surface area contributed by atoms with Gasteiger partial charge in [-0.05, 0) is 50.1 Å². The molecule has 1 amide bonds. The van der Waals surface area contributed by atoms with E-state index < -0.39 is 47.8 Å². The molecule has 4 nitrogen and oxygen atoms in total. The molecular weight excluding hydrogens is 476 g/mol. The minimum absolute atomic E-state index is 0.0601. The molecule has 0 aromatic heterocycles. The van der Waals surface area contributed by atoms with E-state index in [1.807, 2.05) is 0 Å². The highest BCUT2D eigenvalue weighted by Gasteiger charge is 2.37. The van der Waals surface area contributed by atoms with E-state index in [9.17, 15) is 31.1 Å². The zero-order valence-electron chi connectivity index (χ0n) is 19.5. The van der Waals surface area contributed by atoms with E-state index in [-0.39, 0.29) is 24.8 Å². The molecule has 35 heavy (non-hydrogen) atoms. The summed E-state index contributed by atoms with van der Waals surface area (Å²) < 4.78 is 89.9. The van der Waals surface area contributed by atoms with Gasteiger partial charge in [-0.3, -0.25) is 4.90 Å². The quantitative estimate of drug-likeness (QED) is 0.278. The summed E-state index contributed by atoms with van der Waals surface area (Å²) in [5.41, 5.74) is -3.31. The second kappa shape index (κ2) is 11.2. The van der Waals surface area contributed by atoms with Gasteiger partial charge in [0.15, 0.2) is 0 Å². The average molecular weight is 503 g/mol. The Hall–Kier alpha value is -3.01. The maximum Gasteiger partial charge on any atom is 0.416 e. The Morgan fingerprint density at radius 1 is 0.971 bits per heavy atom. The lowest BCUT2D eigenvalue weighted by Gasteiger charge is -2.33. The summed E-state index contributed by atoms with van der Waals surface area (Å²) in [5.74, 6) is 0.